The fourth-order valence-electron chi connectivity index (χ4n) is 4.15. The third kappa shape index (κ3) is 4.36. The lowest BCUT2D eigenvalue weighted by Gasteiger charge is -2.26. The number of anilines is 1. The van der Waals surface area contributed by atoms with Crippen LogP contribution in [0.3, 0.4) is 0 Å². The zero-order valence-electron chi connectivity index (χ0n) is 17.3. The van der Waals surface area contributed by atoms with Crippen LogP contribution < -0.4 is 5.32 Å². The van der Waals surface area contributed by atoms with Crippen LogP contribution >= 0.6 is 0 Å². The lowest BCUT2D eigenvalue weighted by molar-refractivity contribution is -0.122. The average Bonchev–Trinajstić information content (AvgIpc) is 3.11. The fraction of sp³-hybridized carbons (Fsp3) is 0.391. The van der Waals surface area contributed by atoms with Gasteiger partial charge in [0.2, 0.25) is 5.91 Å². The Labute approximate surface area is 182 Å². The van der Waals surface area contributed by atoms with Crippen LogP contribution in [0.2, 0.25) is 0 Å². The molecule has 0 radical (unpaired) electrons. The predicted octanol–water partition coefficient (Wildman–Crippen LogP) is 2.97. The fourth-order valence-corrected chi connectivity index (χ4v) is 5.43. The van der Waals surface area contributed by atoms with Crippen LogP contribution in [0.4, 0.5) is 5.82 Å². The van der Waals surface area contributed by atoms with E-state index in [1.165, 1.54) is 0 Å². The minimum absolute atomic E-state index is 0.0612. The number of carbonyl (C=O) groups is 1. The molecule has 1 saturated heterocycles. The van der Waals surface area contributed by atoms with Crippen LogP contribution in [-0.2, 0) is 21.2 Å². The van der Waals surface area contributed by atoms with Gasteiger partial charge >= 0.3 is 0 Å². The number of aromatic nitrogens is 2. The zero-order chi connectivity index (χ0) is 21.4. The highest BCUT2D eigenvalue weighted by Crippen LogP contribution is 2.28. The van der Waals surface area contributed by atoms with Gasteiger partial charge in [-0.25, -0.2) is 13.4 Å². The van der Waals surface area contributed by atoms with Crippen LogP contribution in [-0.4, -0.2) is 53.2 Å². The van der Waals surface area contributed by atoms with Crippen LogP contribution in [0, 0.1) is 5.92 Å². The van der Waals surface area contributed by atoms with Crippen molar-refractivity contribution in [1.82, 2.24) is 14.3 Å². The molecule has 1 aliphatic carbocycles. The second kappa shape index (κ2) is 8.09. The van der Waals surface area contributed by atoms with Gasteiger partial charge in [-0.1, -0.05) is 36.8 Å². The maximum Gasteiger partial charge on any atom is 0.228 e. The maximum atomic E-state index is 12.3. The molecule has 1 aromatic carbocycles. The molecule has 2 fully saturated rings. The third-order valence-electron chi connectivity index (χ3n) is 6.31. The van der Waals surface area contributed by atoms with E-state index in [4.69, 9.17) is 0 Å². The summed E-state index contributed by atoms with van der Waals surface area (Å²) in [5.74, 6) is 1.25. The van der Waals surface area contributed by atoms with Gasteiger partial charge in [0.25, 0.3) is 0 Å². The van der Waals surface area contributed by atoms with Crippen molar-refractivity contribution in [3.63, 3.8) is 0 Å². The summed E-state index contributed by atoms with van der Waals surface area (Å²) in [6.07, 6.45) is 4.93. The Morgan fingerprint density at radius 3 is 2.48 bits per heavy atom. The number of carbonyl (C=O) groups excluding carboxylic acids is 1. The minimum Gasteiger partial charge on any atom is -0.309 e. The first-order chi connectivity index (χ1) is 15.0. The first kappa shape index (κ1) is 20.2. The smallest absolute Gasteiger partial charge is 0.228 e. The summed E-state index contributed by atoms with van der Waals surface area (Å²) in [6.45, 7) is 1.93. The first-order valence-corrected chi connectivity index (χ1v) is 12.6. The molecular weight excluding hydrogens is 412 g/mol. The number of nitrogens with zero attached hydrogens (tertiary/aromatic N) is 3. The van der Waals surface area contributed by atoms with Crippen molar-refractivity contribution < 1.29 is 13.2 Å². The van der Waals surface area contributed by atoms with E-state index in [0.717, 1.165) is 48.3 Å². The van der Waals surface area contributed by atoms with E-state index in [2.05, 4.69) is 39.5 Å². The molecule has 0 spiro atoms. The highest BCUT2D eigenvalue weighted by molar-refractivity contribution is 7.91. The first-order valence-electron chi connectivity index (χ1n) is 10.8. The third-order valence-corrected chi connectivity index (χ3v) is 7.92. The second-order valence-corrected chi connectivity index (χ2v) is 10.8. The molecule has 1 saturated carbocycles. The van der Waals surface area contributed by atoms with E-state index in [-0.39, 0.29) is 23.3 Å². The minimum atomic E-state index is -2.86. The van der Waals surface area contributed by atoms with Gasteiger partial charge < -0.3 is 5.32 Å². The van der Waals surface area contributed by atoms with Gasteiger partial charge in [-0.3, -0.25) is 14.1 Å². The molecule has 7 nitrogen and oxygen atoms in total. The molecule has 1 aliphatic heterocycles. The molecule has 0 unspecified atom stereocenters. The molecule has 3 heterocycles. The van der Waals surface area contributed by atoms with Crippen molar-refractivity contribution in [2.24, 2.45) is 5.92 Å². The highest BCUT2D eigenvalue weighted by Gasteiger charge is 2.26. The zero-order valence-corrected chi connectivity index (χ0v) is 18.1. The van der Waals surface area contributed by atoms with Gasteiger partial charge in [0, 0.05) is 25.6 Å². The highest BCUT2D eigenvalue weighted by atomic mass is 32.2. The number of fused-ring (bicyclic) bond motifs is 1. The number of imidazole rings is 1. The summed E-state index contributed by atoms with van der Waals surface area (Å²) in [7, 11) is -2.86. The number of sulfone groups is 1. The molecule has 0 bridgehead atoms. The summed E-state index contributed by atoms with van der Waals surface area (Å²) in [5, 5.41) is 2.95. The van der Waals surface area contributed by atoms with Gasteiger partial charge in [0.1, 0.15) is 5.65 Å². The van der Waals surface area contributed by atoms with Crippen molar-refractivity contribution in [2.45, 2.75) is 25.8 Å². The Morgan fingerprint density at radius 2 is 1.81 bits per heavy atom. The molecule has 0 atom stereocenters. The van der Waals surface area contributed by atoms with E-state index in [1.807, 2.05) is 28.8 Å². The molecule has 1 amide bonds. The summed E-state index contributed by atoms with van der Waals surface area (Å²) >= 11 is 0. The normalized spacial score (nSPS) is 19.2. The molecule has 3 aromatic rings. The monoisotopic (exact) mass is 438 g/mol. The van der Waals surface area contributed by atoms with E-state index in [1.54, 1.807) is 0 Å². The SMILES string of the molecule is O=C(Nc1cn2c(-c3ccc(CN4CCS(=O)(=O)CC4)cc3)cccc2n1)C1CCC1. The number of rotatable bonds is 5. The van der Waals surface area contributed by atoms with E-state index < -0.39 is 9.84 Å². The van der Waals surface area contributed by atoms with Crippen molar-refractivity contribution >= 4 is 27.2 Å². The number of hydrogen-bond acceptors (Lipinski definition) is 5. The number of benzene rings is 1. The second-order valence-electron chi connectivity index (χ2n) is 8.51. The Bertz CT molecular complexity index is 1200. The molecular formula is C23H26N4O3S. The summed E-state index contributed by atoms with van der Waals surface area (Å²) in [6, 6.07) is 14.3. The Hall–Kier alpha value is -2.71. The van der Waals surface area contributed by atoms with Crippen molar-refractivity contribution in [3.05, 3.63) is 54.2 Å². The van der Waals surface area contributed by atoms with E-state index in [9.17, 15) is 13.2 Å². The van der Waals surface area contributed by atoms with E-state index >= 15 is 0 Å². The van der Waals surface area contributed by atoms with Gasteiger partial charge in [0.15, 0.2) is 15.7 Å². The lowest BCUT2D eigenvalue weighted by atomic mass is 9.85. The number of amides is 1. The number of hydrogen-bond donors (Lipinski definition) is 1. The number of pyridine rings is 1. The van der Waals surface area contributed by atoms with Crippen LogP contribution in [0.25, 0.3) is 16.9 Å². The predicted molar refractivity (Wildman–Crippen MR) is 121 cm³/mol. The summed E-state index contributed by atoms with van der Waals surface area (Å²) < 4.78 is 25.2. The maximum absolute atomic E-state index is 12.3. The van der Waals surface area contributed by atoms with Crippen molar-refractivity contribution in [3.8, 4) is 11.3 Å². The molecule has 2 aromatic heterocycles. The molecule has 162 valence electrons. The Kier molecular flexibility index (Phi) is 5.27. The van der Waals surface area contributed by atoms with Crippen molar-refractivity contribution in [1.29, 1.82) is 0 Å². The Balaban J connectivity index is 1.32. The van der Waals surface area contributed by atoms with Crippen LogP contribution in [0.1, 0.15) is 24.8 Å². The quantitative estimate of drug-likeness (QED) is 0.662. The van der Waals surface area contributed by atoms with Crippen molar-refractivity contribution in [2.75, 3.05) is 29.9 Å². The summed E-state index contributed by atoms with van der Waals surface area (Å²) in [4.78, 5) is 19.0. The lowest BCUT2D eigenvalue weighted by Crippen LogP contribution is -2.39. The van der Waals surface area contributed by atoms with E-state index in [0.29, 0.717) is 18.9 Å². The summed E-state index contributed by atoms with van der Waals surface area (Å²) in [5.41, 5.74) is 4.02. The molecule has 1 N–H and O–H groups in total. The topological polar surface area (TPSA) is 83.8 Å². The average molecular weight is 439 g/mol. The largest absolute Gasteiger partial charge is 0.309 e. The van der Waals surface area contributed by atoms with Crippen LogP contribution in [0.15, 0.2) is 48.7 Å². The number of nitrogens with one attached hydrogen (secondary N) is 1. The molecule has 8 heteroatoms. The molecule has 2 aliphatic rings. The Morgan fingerprint density at radius 1 is 1.06 bits per heavy atom. The molecule has 31 heavy (non-hydrogen) atoms. The van der Waals surface area contributed by atoms with Gasteiger partial charge in [-0.15, -0.1) is 0 Å². The standard InChI is InChI=1S/C23H26N4O3S/c28-23(19-3-1-4-19)25-21-16-27-20(5-2-6-22(27)24-21)18-9-7-17(8-10-18)15-26-11-13-31(29,30)14-12-26/h2,5-10,16,19H,1,3-4,11-15H2,(H,25,28). The van der Waals surface area contributed by atoms with Crippen LogP contribution in [0.5, 0.6) is 0 Å². The van der Waals surface area contributed by atoms with Gasteiger partial charge in [-0.2, -0.15) is 0 Å². The van der Waals surface area contributed by atoms with Gasteiger partial charge in [-0.05, 0) is 36.1 Å². The molecule has 5 rings (SSSR count). The van der Waals surface area contributed by atoms with Gasteiger partial charge in [0.05, 0.1) is 23.4 Å².